The minimum absolute atomic E-state index is 0.0951. The molecule has 0 unspecified atom stereocenters. The van der Waals surface area contributed by atoms with Gasteiger partial charge in [-0.1, -0.05) is 0 Å². The lowest BCUT2D eigenvalue weighted by Crippen LogP contribution is -2.37. The Balaban J connectivity index is 1.85. The second-order valence-electron chi connectivity index (χ2n) is 8.31. The van der Waals surface area contributed by atoms with Crippen molar-refractivity contribution in [3.05, 3.63) is 58.2 Å². The van der Waals surface area contributed by atoms with Crippen molar-refractivity contribution in [2.75, 3.05) is 33.9 Å². The van der Waals surface area contributed by atoms with E-state index < -0.39 is 30.7 Å². The molecule has 220 valence electrons. The zero-order valence-electron chi connectivity index (χ0n) is 22.0. The maximum atomic E-state index is 13.1. The lowest BCUT2D eigenvalue weighted by molar-refractivity contribution is -0.274. The number of carboxylic acid groups (broad SMARTS) is 1. The SMILES string of the molecule is COc1ccc(C(=O)/N=c2\scc(-c3ccc(OC(F)(F)F)cc3)n2CCCNCC(=O)NCC(=O)O)c(OC)c1. The van der Waals surface area contributed by atoms with Gasteiger partial charge in [0.25, 0.3) is 5.91 Å². The summed E-state index contributed by atoms with van der Waals surface area (Å²) in [5.41, 5.74) is 1.37. The van der Waals surface area contributed by atoms with E-state index in [0.29, 0.717) is 41.3 Å². The first-order valence-corrected chi connectivity index (χ1v) is 12.9. The second-order valence-corrected chi connectivity index (χ2v) is 9.15. The van der Waals surface area contributed by atoms with E-state index in [4.69, 9.17) is 14.6 Å². The molecule has 0 spiro atoms. The number of aromatic nitrogens is 1. The summed E-state index contributed by atoms with van der Waals surface area (Å²) in [6, 6.07) is 9.98. The molecule has 1 heterocycles. The molecule has 0 aliphatic carbocycles. The average molecular weight is 597 g/mol. The molecule has 1 aromatic heterocycles. The standard InChI is InChI=1S/C26H27F3N4O7S/c1-38-18-8-9-19(21(12-18)39-2)24(37)32-25-33(11-3-10-30-13-22(34)31-14-23(35)36)20(15-41-25)16-4-6-17(7-5-16)40-26(27,28)29/h4-9,12,15,30H,3,10-11,13-14H2,1-2H3,(H,31,34)(H,35,36)/b32-25-. The topological polar surface area (TPSA) is 140 Å². The third-order valence-electron chi connectivity index (χ3n) is 5.48. The molecular weight excluding hydrogens is 569 g/mol. The van der Waals surface area contributed by atoms with Gasteiger partial charge in [-0.15, -0.1) is 24.5 Å². The maximum Gasteiger partial charge on any atom is 0.573 e. The smallest absolute Gasteiger partial charge is 0.497 e. The Bertz CT molecular complexity index is 1440. The number of rotatable bonds is 13. The summed E-state index contributed by atoms with van der Waals surface area (Å²) >= 11 is 1.17. The number of halogens is 3. The van der Waals surface area contributed by atoms with Gasteiger partial charge < -0.3 is 34.5 Å². The van der Waals surface area contributed by atoms with E-state index in [1.807, 2.05) is 0 Å². The van der Waals surface area contributed by atoms with Crippen molar-refractivity contribution in [3.8, 4) is 28.5 Å². The van der Waals surface area contributed by atoms with Crippen LogP contribution in [0.1, 0.15) is 16.8 Å². The zero-order valence-corrected chi connectivity index (χ0v) is 22.8. The van der Waals surface area contributed by atoms with Gasteiger partial charge >= 0.3 is 12.3 Å². The van der Waals surface area contributed by atoms with Crippen LogP contribution < -0.4 is 29.6 Å². The van der Waals surface area contributed by atoms with E-state index in [1.54, 1.807) is 22.1 Å². The van der Waals surface area contributed by atoms with Gasteiger partial charge in [-0.25, -0.2) is 0 Å². The van der Waals surface area contributed by atoms with Crippen molar-refractivity contribution in [2.45, 2.75) is 19.3 Å². The van der Waals surface area contributed by atoms with E-state index in [0.717, 1.165) is 0 Å². The molecule has 3 rings (SSSR count). The molecule has 2 aromatic carbocycles. The molecule has 0 atom stereocenters. The molecule has 11 nitrogen and oxygen atoms in total. The number of aliphatic carboxylic acids is 1. The first kappa shape index (κ1) is 31.2. The number of methoxy groups -OCH3 is 2. The summed E-state index contributed by atoms with van der Waals surface area (Å²) in [4.78, 5) is 40.0. The van der Waals surface area contributed by atoms with Crippen LogP contribution in [-0.2, 0) is 16.1 Å². The number of carboxylic acids is 1. The van der Waals surface area contributed by atoms with Gasteiger partial charge in [0.15, 0.2) is 4.80 Å². The molecule has 0 aliphatic heterocycles. The van der Waals surface area contributed by atoms with Crippen LogP contribution in [0.3, 0.4) is 0 Å². The fourth-order valence-corrected chi connectivity index (χ4v) is 4.55. The average Bonchev–Trinajstić information content (AvgIpc) is 3.32. The van der Waals surface area contributed by atoms with Crippen LogP contribution in [0.2, 0.25) is 0 Å². The monoisotopic (exact) mass is 596 g/mol. The van der Waals surface area contributed by atoms with Crippen LogP contribution in [-0.4, -0.2) is 67.7 Å². The minimum Gasteiger partial charge on any atom is -0.497 e. The fourth-order valence-electron chi connectivity index (χ4n) is 3.62. The van der Waals surface area contributed by atoms with Crippen molar-refractivity contribution in [1.82, 2.24) is 15.2 Å². The Kier molecular flexibility index (Phi) is 10.9. The highest BCUT2D eigenvalue weighted by Gasteiger charge is 2.31. The van der Waals surface area contributed by atoms with Crippen LogP contribution in [0.25, 0.3) is 11.3 Å². The summed E-state index contributed by atoms with van der Waals surface area (Å²) in [7, 11) is 2.89. The molecule has 0 bridgehead atoms. The van der Waals surface area contributed by atoms with Crippen LogP contribution in [0.15, 0.2) is 52.8 Å². The van der Waals surface area contributed by atoms with Crippen LogP contribution in [0.4, 0.5) is 13.2 Å². The molecule has 41 heavy (non-hydrogen) atoms. The minimum atomic E-state index is -4.82. The molecule has 0 radical (unpaired) electrons. The first-order chi connectivity index (χ1) is 19.5. The normalized spacial score (nSPS) is 11.7. The van der Waals surface area contributed by atoms with Crippen molar-refractivity contribution < 1.29 is 46.9 Å². The molecular formula is C26H27F3N4O7S. The van der Waals surface area contributed by atoms with E-state index in [2.05, 4.69) is 20.4 Å². The van der Waals surface area contributed by atoms with Gasteiger partial charge in [0, 0.05) is 18.0 Å². The first-order valence-electron chi connectivity index (χ1n) is 12.1. The Hall–Kier alpha value is -4.37. The van der Waals surface area contributed by atoms with Crippen molar-refractivity contribution >= 4 is 29.1 Å². The number of ether oxygens (including phenoxy) is 3. The summed E-state index contributed by atoms with van der Waals surface area (Å²) in [5.74, 6) is -1.82. The van der Waals surface area contributed by atoms with Gasteiger partial charge in [-0.05, 0) is 54.9 Å². The molecule has 3 N–H and O–H groups in total. The predicted octanol–water partition coefficient (Wildman–Crippen LogP) is 3.05. The molecule has 2 amide bonds. The largest absolute Gasteiger partial charge is 0.573 e. The van der Waals surface area contributed by atoms with Crippen molar-refractivity contribution in [1.29, 1.82) is 0 Å². The maximum absolute atomic E-state index is 13.1. The fraction of sp³-hybridized carbons (Fsp3) is 0.308. The number of thiazole rings is 1. The number of amides is 2. The Labute approximate surface area is 236 Å². The van der Waals surface area contributed by atoms with Gasteiger partial charge in [0.1, 0.15) is 23.8 Å². The second kappa shape index (κ2) is 14.3. The van der Waals surface area contributed by atoms with Gasteiger partial charge in [0.05, 0.1) is 32.0 Å². The van der Waals surface area contributed by atoms with Crippen molar-refractivity contribution in [2.24, 2.45) is 4.99 Å². The van der Waals surface area contributed by atoms with E-state index in [-0.39, 0.29) is 23.6 Å². The van der Waals surface area contributed by atoms with Crippen LogP contribution >= 0.6 is 11.3 Å². The Morgan fingerprint density at radius 3 is 2.37 bits per heavy atom. The van der Waals surface area contributed by atoms with E-state index >= 15 is 0 Å². The number of alkyl halides is 3. The molecule has 0 aliphatic rings. The molecule has 0 fully saturated rings. The summed E-state index contributed by atoms with van der Waals surface area (Å²) in [6.07, 6.45) is -4.35. The van der Waals surface area contributed by atoms with Crippen molar-refractivity contribution in [3.63, 3.8) is 0 Å². The highest BCUT2D eigenvalue weighted by molar-refractivity contribution is 7.07. The number of carbonyl (C=O) groups is 3. The molecule has 3 aromatic rings. The lowest BCUT2D eigenvalue weighted by atomic mass is 10.1. The predicted molar refractivity (Wildman–Crippen MR) is 142 cm³/mol. The summed E-state index contributed by atoms with van der Waals surface area (Å²) in [6.45, 7) is 0.109. The summed E-state index contributed by atoms with van der Waals surface area (Å²) < 4.78 is 53.9. The van der Waals surface area contributed by atoms with Gasteiger partial charge in [-0.2, -0.15) is 4.99 Å². The van der Waals surface area contributed by atoms with Gasteiger partial charge in [0.2, 0.25) is 5.91 Å². The number of hydrogen-bond acceptors (Lipinski definition) is 8. The lowest BCUT2D eigenvalue weighted by Gasteiger charge is -2.12. The van der Waals surface area contributed by atoms with Crippen LogP contribution in [0, 0.1) is 0 Å². The molecule has 0 saturated heterocycles. The van der Waals surface area contributed by atoms with Gasteiger partial charge in [-0.3, -0.25) is 14.4 Å². The number of benzene rings is 2. The highest BCUT2D eigenvalue weighted by Crippen LogP contribution is 2.28. The third kappa shape index (κ3) is 9.36. The molecule has 15 heteroatoms. The number of carbonyl (C=O) groups excluding carboxylic acids is 2. The molecule has 0 saturated carbocycles. The number of nitrogens with one attached hydrogen (secondary N) is 2. The van der Waals surface area contributed by atoms with E-state index in [1.165, 1.54) is 55.9 Å². The quantitative estimate of drug-likeness (QED) is 0.256. The third-order valence-corrected chi connectivity index (χ3v) is 6.34. The Morgan fingerprint density at radius 1 is 1.02 bits per heavy atom. The summed E-state index contributed by atoms with van der Waals surface area (Å²) in [5, 5.41) is 15.5. The van der Waals surface area contributed by atoms with E-state index in [9.17, 15) is 27.6 Å². The Morgan fingerprint density at radius 2 is 1.73 bits per heavy atom. The number of hydrogen-bond donors (Lipinski definition) is 3. The zero-order chi connectivity index (χ0) is 30.0. The number of nitrogens with zero attached hydrogens (tertiary/aromatic N) is 2. The van der Waals surface area contributed by atoms with Crippen LogP contribution in [0.5, 0.6) is 17.2 Å². The highest BCUT2D eigenvalue weighted by atomic mass is 32.1.